The van der Waals surface area contributed by atoms with Crippen LogP contribution in [0.15, 0.2) is 73.1 Å². The summed E-state index contributed by atoms with van der Waals surface area (Å²) in [7, 11) is 0. The van der Waals surface area contributed by atoms with Crippen LogP contribution in [0.3, 0.4) is 0 Å². The summed E-state index contributed by atoms with van der Waals surface area (Å²) in [5.41, 5.74) is 2.64. The lowest BCUT2D eigenvalue weighted by Crippen LogP contribution is -2.24. The van der Waals surface area contributed by atoms with E-state index in [4.69, 9.17) is 4.74 Å². The smallest absolute Gasteiger partial charge is 0.236 e. The molecule has 0 radical (unpaired) electrons. The topological polar surface area (TPSA) is 56.2 Å². The number of hydrogen-bond acceptors (Lipinski definition) is 3. The maximum Gasteiger partial charge on any atom is 0.236 e. The van der Waals surface area contributed by atoms with Crippen LogP contribution in [0.25, 0.3) is 0 Å². The van der Waals surface area contributed by atoms with Crippen molar-refractivity contribution >= 4 is 11.6 Å². The van der Waals surface area contributed by atoms with Crippen LogP contribution in [0, 0.1) is 0 Å². The number of carbonyl (C=O) groups excluding carboxylic acids is 1. The molecule has 1 N–H and O–H groups in total. The molecular formula is C23H25N3O2. The van der Waals surface area contributed by atoms with Gasteiger partial charge in [-0.1, -0.05) is 60.7 Å². The number of hydrogen-bond donors (Lipinski definition) is 1. The molecule has 2 aromatic carbocycles. The van der Waals surface area contributed by atoms with Crippen molar-refractivity contribution in [2.24, 2.45) is 0 Å². The summed E-state index contributed by atoms with van der Waals surface area (Å²) in [6, 6.07) is 19.7. The van der Waals surface area contributed by atoms with Crippen LogP contribution in [0.1, 0.15) is 36.3 Å². The summed E-state index contributed by atoms with van der Waals surface area (Å²) in [5.74, 6) is -0.432. The van der Waals surface area contributed by atoms with Crippen molar-refractivity contribution in [1.29, 1.82) is 0 Å². The molecule has 4 rings (SSSR count). The van der Waals surface area contributed by atoms with Gasteiger partial charge in [-0.15, -0.1) is 0 Å². The lowest BCUT2D eigenvalue weighted by Gasteiger charge is -2.22. The Morgan fingerprint density at radius 2 is 1.75 bits per heavy atom. The number of aromatic nitrogens is 2. The van der Waals surface area contributed by atoms with Gasteiger partial charge < -0.3 is 10.1 Å². The fraction of sp³-hybridized carbons (Fsp3) is 0.304. The molecule has 1 saturated heterocycles. The highest BCUT2D eigenvalue weighted by atomic mass is 16.5. The van der Waals surface area contributed by atoms with Crippen molar-refractivity contribution in [2.45, 2.75) is 37.8 Å². The van der Waals surface area contributed by atoms with Crippen molar-refractivity contribution in [1.82, 2.24) is 9.78 Å². The van der Waals surface area contributed by atoms with E-state index in [2.05, 4.69) is 10.4 Å². The second kappa shape index (κ2) is 8.85. The number of nitrogens with one attached hydrogen (secondary N) is 1. The van der Waals surface area contributed by atoms with Gasteiger partial charge >= 0.3 is 0 Å². The molecule has 1 aliphatic rings. The van der Waals surface area contributed by atoms with Gasteiger partial charge in [0.1, 0.15) is 0 Å². The molecule has 0 spiro atoms. The molecule has 5 nitrogen and oxygen atoms in total. The number of carbonyl (C=O) groups is 1. The average Bonchev–Trinajstić information content (AvgIpc) is 3.17. The van der Waals surface area contributed by atoms with E-state index in [1.54, 1.807) is 6.20 Å². The number of rotatable bonds is 6. The van der Waals surface area contributed by atoms with Crippen molar-refractivity contribution in [3.05, 3.63) is 84.2 Å². The first-order valence-corrected chi connectivity index (χ1v) is 9.84. The van der Waals surface area contributed by atoms with E-state index in [9.17, 15) is 4.79 Å². The van der Waals surface area contributed by atoms with Crippen LogP contribution in [-0.2, 0) is 16.1 Å². The Hall–Kier alpha value is -2.92. The van der Waals surface area contributed by atoms with Gasteiger partial charge in [0.15, 0.2) is 0 Å². The minimum atomic E-state index is -0.368. The Kier molecular flexibility index (Phi) is 5.83. The standard InChI is InChI=1S/C23H25N3O2/c27-23(22(18-9-3-1-4-10-18)19-11-5-2-6-12-19)25-20-15-24-26(16-20)17-21-13-7-8-14-28-21/h1-6,9-12,15-16,21-22H,7-8,13-14,17H2,(H,25,27). The van der Waals surface area contributed by atoms with Gasteiger partial charge in [0.2, 0.25) is 5.91 Å². The second-order valence-electron chi connectivity index (χ2n) is 7.18. The lowest BCUT2D eigenvalue weighted by molar-refractivity contribution is -0.116. The maximum absolute atomic E-state index is 13.1. The number of ether oxygens (including phenoxy) is 1. The molecule has 0 aliphatic carbocycles. The molecule has 3 aromatic rings. The van der Waals surface area contributed by atoms with E-state index in [0.29, 0.717) is 5.69 Å². The summed E-state index contributed by atoms with van der Waals surface area (Å²) in [6.07, 6.45) is 7.18. The van der Waals surface area contributed by atoms with Crippen LogP contribution >= 0.6 is 0 Å². The second-order valence-corrected chi connectivity index (χ2v) is 7.18. The first-order chi connectivity index (χ1) is 13.8. The number of benzene rings is 2. The molecule has 5 heteroatoms. The highest BCUT2D eigenvalue weighted by Gasteiger charge is 2.23. The summed E-state index contributed by atoms with van der Waals surface area (Å²) in [6.45, 7) is 1.54. The van der Waals surface area contributed by atoms with Crippen molar-refractivity contribution in [3.63, 3.8) is 0 Å². The average molecular weight is 375 g/mol. The minimum absolute atomic E-state index is 0.0640. The monoisotopic (exact) mass is 375 g/mol. The molecule has 1 aliphatic heterocycles. The third-order valence-corrected chi connectivity index (χ3v) is 5.09. The molecule has 1 atom stereocenters. The first-order valence-electron chi connectivity index (χ1n) is 9.84. The minimum Gasteiger partial charge on any atom is -0.376 e. The summed E-state index contributed by atoms with van der Waals surface area (Å²) in [4.78, 5) is 13.1. The molecule has 2 heterocycles. The third kappa shape index (κ3) is 4.49. The zero-order valence-electron chi connectivity index (χ0n) is 15.8. The quantitative estimate of drug-likeness (QED) is 0.702. The molecule has 144 valence electrons. The van der Waals surface area contributed by atoms with Crippen LogP contribution in [0.2, 0.25) is 0 Å². The van der Waals surface area contributed by atoms with Crippen molar-refractivity contribution in [3.8, 4) is 0 Å². The Morgan fingerprint density at radius 3 is 2.36 bits per heavy atom. The van der Waals surface area contributed by atoms with Gasteiger partial charge in [0.25, 0.3) is 0 Å². The van der Waals surface area contributed by atoms with Gasteiger partial charge in [-0.2, -0.15) is 5.10 Å². The van der Waals surface area contributed by atoms with Gasteiger partial charge in [0, 0.05) is 12.8 Å². The molecule has 0 saturated carbocycles. The summed E-state index contributed by atoms with van der Waals surface area (Å²) < 4.78 is 7.63. The molecule has 0 bridgehead atoms. The number of nitrogens with zero attached hydrogens (tertiary/aromatic N) is 2. The Morgan fingerprint density at radius 1 is 1.07 bits per heavy atom. The molecule has 1 amide bonds. The fourth-order valence-electron chi connectivity index (χ4n) is 3.69. The normalized spacial score (nSPS) is 16.8. The summed E-state index contributed by atoms with van der Waals surface area (Å²) >= 11 is 0. The fourth-order valence-corrected chi connectivity index (χ4v) is 3.69. The van der Waals surface area contributed by atoms with E-state index < -0.39 is 0 Å². The number of anilines is 1. The van der Waals surface area contributed by atoms with Crippen LogP contribution < -0.4 is 5.32 Å². The highest BCUT2D eigenvalue weighted by molar-refractivity contribution is 5.98. The predicted molar refractivity (Wildman–Crippen MR) is 109 cm³/mol. The highest BCUT2D eigenvalue weighted by Crippen LogP contribution is 2.26. The lowest BCUT2D eigenvalue weighted by atomic mass is 9.90. The largest absolute Gasteiger partial charge is 0.376 e. The zero-order chi connectivity index (χ0) is 19.2. The molecule has 1 fully saturated rings. The van der Waals surface area contributed by atoms with Gasteiger partial charge in [0.05, 0.1) is 30.5 Å². The maximum atomic E-state index is 13.1. The Balaban J connectivity index is 1.49. The van der Waals surface area contributed by atoms with E-state index in [0.717, 1.165) is 37.1 Å². The van der Waals surface area contributed by atoms with Gasteiger partial charge in [-0.05, 0) is 30.4 Å². The number of amides is 1. The Bertz CT molecular complexity index is 847. The van der Waals surface area contributed by atoms with E-state index in [1.165, 1.54) is 6.42 Å². The molecule has 28 heavy (non-hydrogen) atoms. The molecule has 1 unspecified atom stereocenters. The van der Waals surface area contributed by atoms with E-state index >= 15 is 0 Å². The molecular weight excluding hydrogens is 350 g/mol. The van der Waals surface area contributed by atoms with E-state index in [1.807, 2.05) is 71.5 Å². The van der Waals surface area contributed by atoms with Gasteiger partial charge in [-0.3, -0.25) is 9.48 Å². The SMILES string of the molecule is O=C(Nc1cnn(CC2CCCCO2)c1)C(c1ccccc1)c1ccccc1. The van der Waals surface area contributed by atoms with Crippen LogP contribution in [-0.4, -0.2) is 28.4 Å². The van der Waals surface area contributed by atoms with Crippen molar-refractivity contribution in [2.75, 3.05) is 11.9 Å². The van der Waals surface area contributed by atoms with Crippen LogP contribution in [0.5, 0.6) is 0 Å². The first kappa shape index (κ1) is 18.4. The third-order valence-electron chi connectivity index (χ3n) is 5.09. The van der Waals surface area contributed by atoms with Gasteiger partial charge in [-0.25, -0.2) is 0 Å². The molecule has 1 aromatic heterocycles. The summed E-state index contributed by atoms with van der Waals surface area (Å²) in [5, 5.41) is 7.42. The van der Waals surface area contributed by atoms with E-state index in [-0.39, 0.29) is 17.9 Å². The predicted octanol–water partition coefficient (Wildman–Crippen LogP) is 4.22. The van der Waals surface area contributed by atoms with Crippen LogP contribution in [0.4, 0.5) is 5.69 Å². The van der Waals surface area contributed by atoms with Crippen molar-refractivity contribution < 1.29 is 9.53 Å². The zero-order valence-corrected chi connectivity index (χ0v) is 15.8. The Labute approximate surface area is 165 Å².